The Morgan fingerprint density at radius 1 is 0.393 bits per heavy atom. The van der Waals surface area contributed by atoms with E-state index in [4.69, 9.17) is 0 Å². The molecule has 3 aliphatic heterocycles. The molecule has 0 bridgehead atoms. The molecule has 3 aromatic carbocycles. The van der Waals surface area contributed by atoms with Crippen molar-refractivity contribution in [3.05, 3.63) is 194 Å². The predicted octanol–water partition coefficient (Wildman–Crippen LogP) is 14.3. The maximum Gasteiger partial charge on any atom is 0.426 e. The van der Waals surface area contributed by atoms with Crippen LogP contribution in [-0.2, 0) is 71.8 Å². The summed E-state index contributed by atoms with van der Waals surface area (Å²) in [5, 5.41) is 10.4. The van der Waals surface area contributed by atoms with Crippen LogP contribution < -0.4 is 16.0 Å². The summed E-state index contributed by atoms with van der Waals surface area (Å²) < 4.78 is 201. The standard InChI is InChI=1S/3C21H21F5N2/c3*1-19(23,21(24,25)26)15-10-14-4-7-17-20(8-9-27-17,18(14)28-12-15)11-13-2-5-16(22)6-3-13/h3*2-3,5-6,10,12,17,27H,4,7-9,11H2,1H3/t2*17-,19?,20+;/m10./s1. The van der Waals surface area contributed by atoms with Crippen molar-refractivity contribution in [3.8, 4) is 0 Å². The van der Waals surface area contributed by atoms with Crippen molar-refractivity contribution in [2.45, 2.75) is 168 Å². The van der Waals surface area contributed by atoms with E-state index >= 15 is 0 Å². The van der Waals surface area contributed by atoms with E-state index in [1.165, 1.54) is 54.6 Å². The van der Waals surface area contributed by atoms with E-state index < -0.39 is 52.2 Å². The van der Waals surface area contributed by atoms with Gasteiger partial charge in [0.1, 0.15) is 17.5 Å². The Bertz CT molecular complexity index is 2980. The molecule has 0 radical (unpaired) electrons. The first kappa shape index (κ1) is 61.0. The van der Waals surface area contributed by atoms with Crippen molar-refractivity contribution in [3.63, 3.8) is 0 Å². The third-order valence-electron chi connectivity index (χ3n) is 18.8. The molecule has 0 spiro atoms. The SMILES string of the molecule is CC(F)(c1cnc2c(c1)CCC1NCCC21Cc1ccc(F)cc1)C(F)(F)F.CC(F)(c1cnc2c(c1)CC[C@@H]1NCC[C@]21Cc1ccc(F)cc1)C(F)(F)F.CC(F)(c1cnc2c(c1)CC[C@H]1NCC[C@@]21Cc1ccc(F)cc1)C(F)(F)F. The van der Waals surface area contributed by atoms with Crippen molar-refractivity contribution < 1.29 is 65.9 Å². The summed E-state index contributed by atoms with van der Waals surface area (Å²) >= 11 is 0. The summed E-state index contributed by atoms with van der Waals surface area (Å²) in [5.74, 6) is -0.948. The number of nitrogens with zero attached hydrogens (tertiary/aromatic N) is 3. The molecule has 3 N–H and O–H groups in total. The number of hydrogen-bond donors (Lipinski definition) is 3. The largest absolute Gasteiger partial charge is 0.426 e. The fraction of sp³-hybridized carbons (Fsp3) is 0.476. The molecule has 9 atom stereocenters. The maximum atomic E-state index is 14.4. The van der Waals surface area contributed by atoms with Crippen LogP contribution in [0.3, 0.4) is 0 Å². The fourth-order valence-corrected chi connectivity index (χ4v) is 13.9. The van der Waals surface area contributed by atoms with Crippen LogP contribution in [0.4, 0.5) is 65.9 Å². The molecule has 0 saturated carbocycles. The molecule has 3 fully saturated rings. The van der Waals surface area contributed by atoms with Gasteiger partial charge in [0.05, 0.1) is 17.1 Å². The van der Waals surface area contributed by atoms with E-state index in [-0.39, 0.29) is 51.8 Å². The average molecular weight is 1190 g/mol. The Morgan fingerprint density at radius 3 is 0.857 bits per heavy atom. The zero-order chi connectivity index (χ0) is 60.5. The lowest BCUT2D eigenvalue weighted by molar-refractivity contribution is -0.229. The molecule has 21 heteroatoms. The van der Waals surface area contributed by atoms with Gasteiger partial charge in [-0.3, -0.25) is 15.0 Å². The van der Waals surface area contributed by atoms with Gasteiger partial charge >= 0.3 is 18.5 Å². The molecule has 6 aromatic rings. The third-order valence-corrected chi connectivity index (χ3v) is 18.8. The van der Waals surface area contributed by atoms with Crippen LogP contribution in [0, 0.1) is 17.5 Å². The molecule has 6 nitrogen and oxygen atoms in total. The van der Waals surface area contributed by atoms with Crippen molar-refractivity contribution in [1.82, 2.24) is 30.9 Å². The lowest BCUT2D eigenvalue weighted by Gasteiger charge is -2.40. The van der Waals surface area contributed by atoms with E-state index in [9.17, 15) is 65.9 Å². The van der Waals surface area contributed by atoms with Crippen LogP contribution in [-0.4, -0.2) is 71.2 Å². The number of hydrogen-bond acceptors (Lipinski definition) is 6. The molecule has 84 heavy (non-hydrogen) atoms. The van der Waals surface area contributed by atoms with Crippen LogP contribution in [0.1, 0.15) is 126 Å². The zero-order valence-corrected chi connectivity index (χ0v) is 46.2. The predicted molar refractivity (Wildman–Crippen MR) is 286 cm³/mol. The van der Waals surface area contributed by atoms with E-state index in [0.29, 0.717) is 76.0 Å². The van der Waals surface area contributed by atoms with Gasteiger partial charge in [-0.15, -0.1) is 0 Å². The number of pyridine rings is 3. The number of halogens is 15. The number of rotatable bonds is 9. The van der Waals surface area contributed by atoms with Crippen molar-refractivity contribution in [2.24, 2.45) is 0 Å². The molecule has 12 rings (SSSR count). The maximum absolute atomic E-state index is 14.4. The quantitative estimate of drug-likeness (QED) is 0.125. The van der Waals surface area contributed by atoms with Crippen LogP contribution in [0.5, 0.6) is 0 Å². The van der Waals surface area contributed by atoms with Gasteiger partial charge in [0.2, 0.25) is 17.0 Å². The number of aromatic nitrogens is 3. The minimum Gasteiger partial charge on any atom is -0.313 e. The van der Waals surface area contributed by atoms with Crippen LogP contribution >= 0.6 is 0 Å². The molecule has 6 heterocycles. The Balaban J connectivity index is 0.000000140. The summed E-state index contributed by atoms with van der Waals surface area (Å²) in [7, 11) is 0. The summed E-state index contributed by atoms with van der Waals surface area (Å²) in [6.45, 7) is 3.93. The average Bonchev–Trinajstić information content (AvgIpc) is 1.45. The number of aryl methyl sites for hydroxylation is 3. The van der Waals surface area contributed by atoms with Gasteiger partial charge in [-0.1, -0.05) is 36.4 Å². The summed E-state index contributed by atoms with van der Waals surface area (Å²) in [5.41, 5.74) is -5.78. The zero-order valence-electron chi connectivity index (χ0n) is 46.2. The van der Waals surface area contributed by atoms with E-state index in [0.717, 1.165) is 111 Å². The van der Waals surface area contributed by atoms with E-state index in [1.54, 1.807) is 36.4 Å². The second-order valence-electron chi connectivity index (χ2n) is 24.0. The molecule has 3 aromatic heterocycles. The van der Waals surface area contributed by atoms with Crippen LogP contribution in [0.2, 0.25) is 0 Å². The van der Waals surface area contributed by atoms with E-state index in [1.807, 2.05) is 0 Å². The Hall–Kier alpha value is -6.06. The number of alkyl halides is 12. The lowest BCUT2D eigenvalue weighted by Crippen LogP contribution is -2.47. The summed E-state index contributed by atoms with van der Waals surface area (Å²) in [6.07, 6.45) is -3.88. The van der Waals surface area contributed by atoms with Gasteiger partial charge in [-0.2, -0.15) is 39.5 Å². The van der Waals surface area contributed by atoms with Gasteiger partial charge < -0.3 is 16.0 Å². The van der Waals surface area contributed by atoms with Crippen LogP contribution in [0.25, 0.3) is 0 Å². The second-order valence-corrected chi connectivity index (χ2v) is 24.0. The minimum atomic E-state index is -5.00. The molecule has 3 aliphatic carbocycles. The monoisotopic (exact) mass is 1190 g/mol. The number of nitrogens with one attached hydrogen (secondary N) is 3. The molecular formula is C63H63F15N6. The van der Waals surface area contributed by atoms with Crippen LogP contribution in [0.15, 0.2) is 110 Å². The summed E-state index contributed by atoms with van der Waals surface area (Å²) in [4.78, 5) is 13.1. The van der Waals surface area contributed by atoms with Gasteiger partial charge in [0, 0.05) is 69.7 Å². The highest BCUT2D eigenvalue weighted by molar-refractivity contribution is 5.44. The number of fused-ring (bicyclic) bond motifs is 9. The highest BCUT2D eigenvalue weighted by atomic mass is 19.4. The highest BCUT2D eigenvalue weighted by Crippen LogP contribution is 2.51. The number of benzene rings is 3. The van der Waals surface area contributed by atoms with Gasteiger partial charge in [-0.25, -0.2) is 26.3 Å². The van der Waals surface area contributed by atoms with Gasteiger partial charge in [0.25, 0.3) is 0 Å². The Morgan fingerprint density at radius 2 is 0.631 bits per heavy atom. The molecule has 0 amide bonds. The first-order valence-corrected chi connectivity index (χ1v) is 28.1. The molecule has 6 aliphatic rings. The van der Waals surface area contributed by atoms with Crippen molar-refractivity contribution in [1.29, 1.82) is 0 Å². The first-order valence-electron chi connectivity index (χ1n) is 28.1. The first-order chi connectivity index (χ1) is 39.4. The van der Waals surface area contributed by atoms with Crippen molar-refractivity contribution in [2.75, 3.05) is 19.6 Å². The van der Waals surface area contributed by atoms with E-state index in [2.05, 4.69) is 30.9 Å². The minimum absolute atomic E-state index is 0.141. The molecular weight excluding hydrogens is 1130 g/mol. The lowest BCUT2D eigenvalue weighted by atomic mass is 9.66. The molecule has 450 valence electrons. The van der Waals surface area contributed by atoms with Gasteiger partial charge in [-0.05, 0) is 205 Å². The normalized spacial score (nSPS) is 26.4. The highest BCUT2D eigenvalue weighted by Gasteiger charge is 2.58. The second kappa shape index (κ2) is 22.3. The summed E-state index contributed by atoms with van der Waals surface area (Å²) in [6, 6.07) is 23.2. The Labute approximate surface area is 476 Å². The topological polar surface area (TPSA) is 74.8 Å². The smallest absolute Gasteiger partial charge is 0.313 e. The fourth-order valence-electron chi connectivity index (χ4n) is 13.9. The van der Waals surface area contributed by atoms with Gasteiger partial charge in [0.15, 0.2) is 0 Å². The molecule has 5 unspecified atom stereocenters. The van der Waals surface area contributed by atoms with Crippen molar-refractivity contribution >= 4 is 0 Å². The molecule has 3 saturated heterocycles. The Kier molecular flexibility index (Phi) is 16.2. The third kappa shape index (κ3) is 11.2.